The fourth-order valence-electron chi connectivity index (χ4n) is 1.70. The van der Waals surface area contributed by atoms with Crippen LogP contribution in [0.15, 0.2) is 23.1 Å². The van der Waals surface area contributed by atoms with Crippen molar-refractivity contribution in [1.29, 1.82) is 0 Å². The van der Waals surface area contributed by atoms with Gasteiger partial charge in [-0.1, -0.05) is 24.0 Å². The third-order valence-corrected chi connectivity index (χ3v) is 4.10. The monoisotopic (exact) mass is 325 g/mol. The molecule has 0 bridgehead atoms. The molecule has 1 heterocycles. The highest BCUT2D eigenvalue weighted by Gasteiger charge is 2.32. The largest absolute Gasteiger partial charge is 0.508 e. The summed E-state index contributed by atoms with van der Waals surface area (Å²) in [6.07, 6.45) is 1.26. The fourth-order valence-corrected chi connectivity index (χ4v) is 3.00. The van der Waals surface area contributed by atoms with E-state index in [0.29, 0.717) is 10.5 Å². The number of thiocarbonyl (C=S) groups is 1. The second kappa shape index (κ2) is 6.15. The fraction of sp³-hybridized carbons (Fsp3) is 0.154. The Kier molecular flexibility index (Phi) is 4.49. The number of carboxylic acid groups (broad SMARTS) is 1. The first-order valence-corrected chi connectivity index (χ1v) is 7.10. The summed E-state index contributed by atoms with van der Waals surface area (Å²) >= 11 is 6.09. The van der Waals surface area contributed by atoms with Crippen LogP contribution in [0.25, 0.3) is 6.08 Å². The maximum Gasteiger partial charge on any atom is 0.305 e. The van der Waals surface area contributed by atoms with E-state index in [1.807, 2.05) is 0 Å². The summed E-state index contributed by atoms with van der Waals surface area (Å²) in [6.45, 7) is 0.0128. The summed E-state index contributed by atoms with van der Waals surface area (Å²) in [4.78, 5) is 24.2. The summed E-state index contributed by atoms with van der Waals surface area (Å²) in [6, 6.07) is 4.02. The van der Waals surface area contributed by atoms with Gasteiger partial charge < -0.3 is 15.3 Å². The van der Waals surface area contributed by atoms with Crippen molar-refractivity contribution in [2.24, 2.45) is 0 Å². The Morgan fingerprint density at radius 1 is 1.38 bits per heavy atom. The molecule has 1 aliphatic heterocycles. The van der Waals surface area contributed by atoms with Gasteiger partial charge >= 0.3 is 5.97 Å². The highest BCUT2D eigenvalue weighted by Crippen LogP contribution is 2.34. The van der Waals surface area contributed by atoms with Crippen molar-refractivity contribution >= 4 is 46.3 Å². The number of carboxylic acids is 1. The molecule has 1 aromatic rings. The number of thioether (sulfide) groups is 1. The smallest absolute Gasteiger partial charge is 0.305 e. The standard InChI is InChI=1S/C13H11NO5S2/c15-8-2-1-7(9(16)6-8)5-10-12(19)14(13(20)21-10)4-3-11(17)18/h1-2,5-6,15-16H,3-4H2,(H,17,18)/b10-5-. The van der Waals surface area contributed by atoms with E-state index in [9.17, 15) is 19.8 Å². The number of aliphatic carboxylic acids is 1. The predicted octanol–water partition coefficient (Wildman–Crippen LogP) is 1.77. The minimum absolute atomic E-state index is 0.0128. The Balaban J connectivity index is 2.21. The van der Waals surface area contributed by atoms with Crippen LogP contribution < -0.4 is 0 Å². The van der Waals surface area contributed by atoms with Crippen molar-refractivity contribution in [1.82, 2.24) is 4.90 Å². The van der Waals surface area contributed by atoms with Gasteiger partial charge in [0.25, 0.3) is 5.91 Å². The molecule has 6 nitrogen and oxygen atoms in total. The molecular weight excluding hydrogens is 314 g/mol. The zero-order valence-electron chi connectivity index (χ0n) is 10.6. The molecule has 1 aliphatic rings. The molecule has 1 saturated heterocycles. The number of hydrogen-bond donors (Lipinski definition) is 3. The molecule has 0 aromatic heterocycles. The van der Waals surface area contributed by atoms with Crippen LogP contribution in [0.3, 0.4) is 0 Å². The van der Waals surface area contributed by atoms with Crippen LogP contribution in [-0.4, -0.2) is 43.0 Å². The van der Waals surface area contributed by atoms with Gasteiger partial charge in [0.05, 0.1) is 11.3 Å². The lowest BCUT2D eigenvalue weighted by atomic mass is 10.1. The summed E-state index contributed by atoms with van der Waals surface area (Å²) in [7, 11) is 0. The quantitative estimate of drug-likeness (QED) is 0.573. The average Bonchev–Trinajstić information content (AvgIpc) is 2.65. The summed E-state index contributed by atoms with van der Waals surface area (Å²) in [5.74, 6) is -1.65. The minimum Gasteiger partial charge on any atom is -0.508 e. The molecule has 1 fully saturated rings. The van der Waals surface area contributed by atoms with E-state index in [4.69, 9.17) is 17.3 Å². The van der Waals surface area contributed by atoms with Crippen LogP contribution >= 0.6 is 24.0 Å². The molecule has 0 saturated carbocycles. The van der Waals surface area contributed by atoms with Crippen molar-refractivity contribution in [3.05, 3.63) is 28.7 Å². The normalized spacial score (nSPS) is 16.8. The topological polar surface area (TPSA) is 98.1 Å². The van der Waals surface area contributed by atoms with Crippen molar-refractivity contribution < 1.29 is 24.9 Å². The predicted molar refractivity (Wildman–Crippen MR) is 81.9 cm³/mol. The van der Waals surface area contributed by atoms with Crippen molar-refractivity contribution in [2.45, 2.75) is 6.42 Å². The van der Waals surface area contributed by atoms with Gasteiger partial charge in [-0.15, -0.1) is 0 Å². The molecule has 0 atom stereocenters. The second-order valence-corrected chi connectivity index (χ2v) is 5.90. The molecule has 1 aromatic carbocycles. The first-order chi connectivity index (χ1) is 9.88. The van der Waals surface area contributed by atoms with Crippen LogP contribution in [0, 0.1) is 0 Å². The number of nitrogens with zero attached hydrogens (tertiary/aromatic N) is 1. The van der Waals surface area contributed by atoms with Gasteiger partial charge in [0.15, 0.2) is 0 Å². The Labute approximate surface area is 129 Å². The Morgan fingerprint density at radius 3 is 2.71 bits per heavy atom. The first kappa shape index (κ1) is 15.3. The van der Waals surface area contributed by atoms with Crippen molar-refractivity contribution in [3.63, 3.8) is 0 Å². The molecule has 8 heteroatoms. The number of phenols is 2. The molecular formula is C13H11NO5S2. The number of carbonyl (C=O) groups excluding carboxylic acids is 1. The third kappa shape index (κ3) is 3.53. The Bertz CT molecular complexity index is 656. The van der Waals surface area contributed by atoms with Gasteiger partial charge in [0.1, 0.15) is 15.8 Å². The molecule has 0 unspecified atom stereocenters. The second-order valence-electron chi connectivity index (χ2n) is 4.22. The van der Waals surface area contributed by atoms with E-state index < -0.39 is 11.9 Å². The van der Waals surface area contributed by atoms with Crippen LogP contribution in [0.2, 0.25) is 0 Å². The van der Waals surface area contributed by atoms with Crippen LogP contribution in [-0.2, 0) is 9.59 Å². The lowest BCUT2D eigenvalue weighted by Gasteiger charge is -2.12. The van der Waals surface area contributed by atoms with Crippen molar-refractivity contribution in [2.75, 3.05) is 6.54 Å². The lowest BCUT2D eigenvalue weighted by molar-refractivity contribution is -0.137. The Hall–Kier alpha value is -2.06. The van der Waals surface area contributed by atoms with Gasteiger partial charge in [-0.25, -0.2) is 0 Å². The summed E-state index contributed by atoms with van der Waals surface area (Å²) in [5, 5.41) is 27.6. The zero-order valence-corrected chi connectivity index (χ0v) is 12.3. The number of rotatable bonds is 4. The van der Waals surface area contributed by atoms with E-state index in [1.54, 1.807) is 0 Å². The van der Waals surface area contributed by atoms with Crippen molar-refractivity contribution in [3.8, 4) is 11.5 Å². The Morgan fingerprint density at radius 2 is 2.10 bits per heavy atom. The number of carbonyl (C=O) groups is 2. The molecule has 21 heavy (non-hydrogen) atoms. The van der Waals surface area contributed by atoms with E-state index in [-0.39, 0.29) is 28.8 Å². The SMILES string of the molecule is O=C(O)CCN1C(=O)/C(=C/c2ccc(O)cc2O)SC1=S. The van der Waals surface area contributed by atoms with Crippen LogP contribution in [0.5, 0.6) is 11.5 Å². The van der Waals surface area contributed by atoms with E-state index >= 15 is 0 Å². The van der Waals surface area contributed by atoms with Crippen LogP contribution in [0.4, 0.5) is 0 Å². The molecule has 0 radical (unpaired) electrons. The molecule has 0 spiro atoms. The summed E-state index contributed by atoms with van der Waals surface area (Å²) < 4.78 is 0.283. The number of hydrogen-bond acceptors (Lipinski definition) is 6. The number of aromatic hydroxyl groups is 2. The number of benzene rings is 1. The van der Waals surface area contributed by atoms with E-state index in [2.05, 4.69) is 0 Å². The van der Waals surface area contributed by atoms with Crippen LogP contribution in [0.1, 0.15) is 12.0 Å². The number of amides is 1. The molecule has 1 amide bonds. The highest BCUT2D eigenvalue weighted by atomic mass is 32.2. The first-order valence-electron chi connectivity index (χ1n) is 5.87. The molecule has 0 aliphatic carbocycles. The van der Waals surface area contributed by atoms with Gasteiger partial charge in [-0.05, 0) is 18.2 Å². The number of phenolic OH excluding ortho intramolecular Hbond substituents is 2. The highest BCUT2D eigenvalue weighted by molar-refractivity contribution is 8.26. The average molecular weight is 325 g/mol. The van der Waals surface area contributed by atoms with Gasteiger partial charge in [0.2, 0.25) is 0 Å². The molecule has 110 valence electrons. The molecule has 3 N–H and O–H groups in total. The van der Waals surface area contributed by atoms with Gasteiger partial charge in [-0.2, -0.15) is 0 Å². The van der Waals surface area contributed by atoms with Gasteiger partial charge in [-0.3, -0.25) is 14.5 Å². The van der Waals surface area contributed by atoms with E-state index in [0.717, 1.165) is 17.8 Å². The summed E-state index contributed by atoms with van der Waals surface area (Å²) in [5.41, 5.74) is 0.367. The minimum atomic E-state index is -1.01. The lowest BCUT2D eigenvalue weighted by Crippen LogP contribution is -2.30. The van der Waals surface area contributed by atoms with Gasteiger partial charge in [0, 0.05) is 18.2 Å². The maximum atomic E-state index is 12.1. The maximum absolute atomic E-state index is 12.1. The molecule has 2 rings (SSSR count). The zero-order chi connectivity index (χ0) is 15.6. The third-order valence-electron chi connectivity index (χ3n) is 2.72. The van der Waals surface area contributed by atoms with E-state index in [1.165, 1.54) is 23.1 Å².